The molecule has 0 aliphatic carbocycles. The second kappa shape index (κ2) is 5.70. The van der Waals surface area contributed by atoms with Gasteiger partial charge >= 0.3 is 6.36 Å². The fourth-order valence-electron chi connectivity index (χ4n) is 1.20. The summed E-state index contributed by atoms with van der Waals surface area (Å²) in [5.41, 5.74) is 0.152. The summed E-state index contributed by atoms with van der Waals surface area (Å²) in [4.78, 5) is 0. The van der Waals surface area contributed by atoms with Gasteiger partial charge in [-0.15, -0.1) is 13.2 Å². The van der Waals surface area contributed by atoms with Crippen LogP contribution in [0.3, 0.4) is 0 Å². The Balaban J connectivity index is 2.86. The number of hydrogen-bond donors (Lipinski definition) is 2. The number of aliphatic hydroxyl groups is 2. The number of rotatable bonds is 4. The van der Waals surface area contributed by atoms with Crippen molar-refractivity contribution >= 4 is 15.9 Å². The van der Waals surface area contributed by atoms with Crippen molar-refractivity contribution in [1.29, 1.82) is 0 Å². The molecule has 3 nitrogen and oxygen atoms in total. The Kier molecular flexibility index (Phi) is 4.79. The number of ether oxygens (including phenoxy) is 1. The first-order valence-corrected chi connectivity index (χ1v) is 5.73. The number of halogens is 4. The van der Waals surface area contributed by atoms with Crippen molar-refractivity contribution in [3.05, 3.63) is 29.8 Å². The minimum absolute atomic E-state index is 0.110. The van der Waals surface area contributed by atoms with Crippen molar-refractivity contribution in [2.24, 2.45) is 0 Å². The lowest BCUT2D eigenvalue weighted by molar-refractivity contribution is -0.274. The Hall–Kier alpha value is -0.790. The quantitative estimate of drug-likeness (QED) is 0.839. The highest BCUT2D eigenvalue weighted by Gasteiger charge is 2.31. The zero-order chi connectivity index (χ0) is 13.1. The van der Waals surface area contributed by atoms with E-state index in [1.807, 2.05) is 0 Å². The molecule has 0 heterocycles. The highest BCUT2D eigenvalue weighted by Crippen LogP contribution is 2.26. The Morgan fingerprint density at radius 3 is 2.47 bits per heavy atom. The number of benzene rings is 1. The van der Waals surface area contributed by atoms with Crippen LogP contribution in [-0.2, 0) is 0 Å². The largest absolute Gasteiger partial charge is 0.573 e. The summed E-state index contributed by atoms with van der Waals surface area (Å²) in [7, 11) is 0. The lowest BCUT2D eigenvalue weighted by atomic mass is 10.1. The molecule has 0 radical (unpaired) electrons. The molecular formula is C10H10BrF3O3. The van der Waals surface area contributed by atoms with Crippen LogP contribution in [0.25, 0.3) is 0 Å². The van der Waals surface area contributed by atoms with Crippen molar-refractivity contribution in [2.45, 2.75) is 18.6 Å². The average Bonchev–Trinajstić information content (AvgIpc) is 2.25. The Bertz CT molecular complexity index is 370. The van der Waals surface area contributed by atoms with Gasteiger partial charge in [0.05, 0.1) is 6.10 Å². The normalized spacial score (nSPS) is 15.4. The van der Waals surface area contributed by atoms with Gasteiger partial charge in [-0.2, -0.15) is 0 Å². The Labute approximate surface area is 104 Å². The van der Waals surface area contributed by atoms with Gasteiger partial charge < -0.3 is 14.9 Å². The average molecular weight is 315 g/mol. The molecule has 0 saturated heterocycles. The van der Waals surface area contributed by atoms with Crippen molar-refractivity contribution in [3.8, 4) is 5.75 Å². The second-order valence-electron chi connectivity index (χ2n) is 3.29. The summed E-state index contributed by atoms with van der Waals surface area (Å²) in [6.45, 7) is 0. The van der Waals surface area contributed by atoms with Gasteiger partial charge in [-0.25, -0.2) is 0 Å². The predicted molar refractivity (Wildman–Crippen MR) is 57.9 cm³/mol. The molecular weight excluding hydrogens is 305 g/mol. The lowest BCUT2D eigenvalue weighted by Gasteiger charge is -2.17. The van der Waals surface area contributed by atoms with E-state index in [0.717, 1.165) is 12.1 Å². The van der Waals surface area contributed by atoms with Crippen LogP contribution < -0.4 is 4.74 Å². The molecule has 2 unspecified atom stereocenters. The fourth-order valence-corrected chi connectivity index (χ4v) is 1.56. The molecule has 0 aliphatic rings. The van der Waals surface area contributed by atoms with E-state index < -0.39 is 24.3 Å². The van der Waals surface area contributed by atoms with Crippen LogP contribution in [0.5, 0.6) is 5.75 Å². The maximum Gasteiger partial charge on any atom is 0.573 e. The summed E-state index contributed by atoms with van der Waals surface area (Å²) >= 11 is 2.96. The standard InChI is InChI=1S/C10H10BrF3O3/c11-5-8(15)9(16)6-2-1-3-7(4-6)17-10(12,13)14/h1-4,8-9,15-16H,5H2. The van der Waals surface area contributed by atoms with Gasteiger partial charge in [-0.3, -0.25) is 0 Å². The van der Waals surface area contributed by atoms with E-state index in [0.29, 0.717) is 0 Å². The van der Waals surface area contributed by atoms with Crippen LogP contribution in [0.2, 0.25) is 0 Å². The molecule has 96 valence electrons. The third kappa shape index (κ3) is 4.53. The zero-order valence-electron chi connectivity index (χ0n) is 8.49. The fraction of sp³-hybridized carbons (Fsp3) is 0.400. The summed E-state index contributed by atoms with van der Waals surface area (Å²) in [5, 5.41) is 19.0. The number of alkyl halides is 4. The topological polar surface area (TPSA) is 49.7 Å². The first-order valence-electron chi connectivity index (χ1n) is 4.61. The molecule has 0 bridgehead atoms. The molecule has 0 spiro atoms. The summed E-state index contributed by atoms with van der Waals surface area (Å²) < 4.78 is 39.6. The van der Waals surface area contributed by atoms with E-state index in [-0.39, 0.29) is 10.9 Å². The third-order valence-electron chi connectivity index (χ3n) is 1.96. The van der Waals surface area contributed by atoms with Gasteiger partial charge in [0.2, 0.25) is 0 Å². The Morgan fingerprint density at radius 1 is 1.29 bits per heavy atom. The molecule has 2 N–H and O–H groups in total. The van der Waals surface area contributed by atoms with E-state index in [9.17, 15) is 23.4 Å². The minimum atomic E-state index is -4.78. The molecule has 17 heavy (non-hydrogen) atoms. The van der Waals surface area contributed by atoms with Gasteiger partial charge in [-0.05, 0) is 17.7 Å². The zero-order valence-corrected chi connectivity index (χ0v) is 10.1. The predicted octanol–water partition coefficient (Wildman–Crippen LogP) is 2.37. The summed E-state index contributed by atoms with van der Waals surface area (Å²) in [5.74, 6) is -0.434. The first-order chi connectivity index (χ1) is 7.83. The molecule has 0 aromatic heterocycles. The molecule has 0 amide bonds. The van der Waals surface area contributed by atoms with Crippen LogP contribution in [0.1, 0.15) is 11.7 Å². The molecule has 1 rings (SSSR count). The molecule has 0 fully saturated rings. The second-order valence-corrected chi connectivity index (χ2v) is 3.93. The van der Waals surface area contributed by atoms with Gasteiger partial charge in [-0.1, -0.05) is 28.1 Å². The van der Waals surface area contributed by atoms with E-state index in [4.69, 9.17) is 0 Å². The minimum Gasteiger partial charge on any atom is -0.406 e. The van der Waals surface area contributed by atoms with E-state index >= 15 is 0 Å². The first kappa shape index (κ1) is 14.3. The maximum absolute atomic E-state index is 12.0. The van der Waals surface area contributed by atoms with Gasteiger partial charge in [0.15, 0.2) is 0 Å². The Morgan fingerprint density at radius 2 is 1.94 bits per heavy atom. The van der Waals surface area contributed by atoms with Crippen molar-refractivity contribution in [3.63, 3.8) is 0 Å². The molecule has 1 aromatic rings. The van der Waals surface area contributed by atoms with Gasteiger partial charge in [0, 0.05) is 5.33 Å². The highest BCUT2D eigenvalue weighted by molar-refractivity contribution is 9.09. The van der Waals surface area contributed by atoms with Crippen molar-refractivity contribution in [1.82, 2.24) is 0 Å². The van der Waals surface area contributed by atoms with Crippen LogP contribution >= 0.6 is 15.9 Å². The maximum atomic E-state index is 12.0. The van der Waals surface area contributed by atoms with E-state index in [1.165, 1.54) is 12.1 Å². The van der Waals surface area contributed by atoms with Crippen LogP contribution in [0, 0.1) is 0 Å². The van der Waals surface area contributed by atoms with E-state index in [1.54, 1.807) is 0 Å². The van der Waals surface area contributed by atoms with Crippen LogP contribution in [0.4, 0.5) is 13.2 Å². The molecule has 2 atom stereocenters. The van der Waals surface area contributed by atoms with Crippen molar-refractivity contribution in [2.75, 3.05) is 5.33 Å². The SMILES string of the molecule is OC(CBr)C(O)c1cccc(OC(F)(F)F)c1. The summed E-state index contributed by atoms with van der Waals surface area (Å²) in [6, 6.07) is 4.86. The molecule has 7 heteroatoms. The number of hydrogen-bond acceptors (Lipinski definition) is 3. The van der Waals surface area contributed by atoms with Crippen LogP contribution in [-0.4, -0.2) is 28.0 Å². The number of aliphatic hydroxyl groups excluding tert-OH is 2. The van der Waals surface area contributed by atoms with E-state index in [2.05, 4.69) is 20.7 Å². The molecule has 0 saturated carbocycles. The van der Waals surface area contributed by atoms with Crippen molar-refractivity contribution < 1.29 is 28.1 Å². The third-order valence-corrected chi connectivity index (χ3v) is 2.62. The smallest absolute Gasteiger partial charge is 0.406 e. The van der Waals surface area contributed by atoms with Gasteiger partial charge in [0.1, 0.15) is 11.9 Å². The summed E-state index contributed by atoms with van der Waals surface area (Å²) in [6.07, 6.45) is -7.15. The lowest BCUT2D eigenvalue weighted by Crippen LogP contribution is -2.20. The monoisotopic (exact) mass is 314 g/mol. The molecule has 1 aromatic carbocycles. The van der Waals surface area contributed by atoms with Gasteiger partial charge in [0.25, 0.3) is 0 Å². The molecule has 0 aliphatic heterocycles. The van der Waals surface area contributed by atoms with Crippen LogP contribution in [0.15, 0.2) is 24.3 Å². The highest BCUT2D eigenvalue weighted by atomic mass is 79.9.